The summed E-state index contributed by atoms with van der Waals surface area (Å²) in [6.45, 7) is 3.03. The van der Waals surface area contributed by atoms with Crippen LogP contribution in [0, 0.1) is 0 Å². The third-order valence-corrected chi connectivity index (χ3v) is 3.88. The van der Waals surface area contributed by atoms with Crippen molar-refractivity contribution in [3.05, 3.63) is 23.2 Å². The fourth-order valence-corrected chi connectivity index (χ4v) is 2.50. The molecule has 0 amide bonds. The number of nitrogen functional groups attached to an aromatic ring is 1. The molecule has 0 saturated carbocycles. The minimum Gasteiger partial charge on any atom is -0.397 e. The number of anilines is 1. The topological polar surface area (TPSA) is 69.6 Å². The number of rotatable bonds is 8. The quantitative estimate of drug-likeness (QED) is 0.592. The number of nitrogens with two attached hydrogens (primary N) is 1. The van der Waals surface area contributed by atoms with Crippen molar-refractivity contribution < 1.29 is 0 Å². The second kappa shape index (κ2) is 7.98. The predicted octanol–water partition coefficient (Wildman–Crippen LogP) is 3.94. The van der Waals surface area contributed by atoms with E-state index >= 15 is 0 Å². The number of nitrogens with zero attached hydrogens (tertiary/aromatic N) is 4. The molecule has 0 saturated heterocycles. The number of halogens is 1. The zero-order chi connectivity index (χ0) is 15.1. The smallest absolute Gasteiger partial charge is 0.184 e. The maximum Gasteiger partial charge on any atom is 0.184 e. The molecule has 1 aromatic carbocycles. The molecule has 1 heterocycles. The summed E-state index contributed by atoms with van der Waals surface area (Å²) in [5.41, 5.74) is 7.33. The summed E-state index contributed by atoms with van der Waals surface area (Å²) < 4.78 is 1.81. The van der Waals surface area contributed by atoms with Crippen LogP contribution in [-0.2, 0) is 6.54 Å². The lowest BCUT2D eigenvalue weighted by Crippen LogP contribution is -2.04. The van der Waals surface area contributed by atoms with Crippen LogP contribution < -0.4 is 5.73 Å². The van der Waals surface area contributed by atoms with Gasteiger partial charge in [-0.25, -0.2) is 4.68 Å². The van der Waals surface area contributed by atoms with Crippen molar-refractivity contribution in [2.75, 3.05) is 5.73 Å². The Labute approximate surface area is 130 Å². The molecule has 21 heavy (non-hydrogen) atoms. The molecular weight excluding hydrogens is 286 g/mol. The van der Waals surface area contributed by atoms with Crippen LogP contribution in [0.15, 0.2) is 18.2 Å². The van der Waals surface area contributed by atoms with Crippen LogP contribution in [0.1, 0.15) is 45.4 Å². The monoisotopic (exact) mass is 307 g/mol. The molecular formula is C15H22ClN5. The SMILES string of the molecule is CCCCCCCCn1nnnc1-c1cccc(Cl)c1N. The Kier molecular flexibility index (Phi) is 5.99. The van der Waals surface area contributed by atoms with Gasteiger partial charge < -0.3 is 5.73 Å². The second-order valence-electron chi connectivity index (χ2n) is 5.19. The van der Waals surface area contributed by atoms with Gasteiger partial charge in [0.2, 0.25) is 0 Å². The van der Waals surface area contributed by atoms with Gasteiger partial charge in [-0.15, -0.1) is 5.10 Å². The number of unbranched alkanes of at least 4 members (excludes halogenated alkanes) is 5. The van der Waals surface area contributed by atoms with E-state index in [-0.39, 0.29) is 0 Å². The standard InChI is InChI=1S/C15H22ClN5/c1-2-3-4-5-6-7-11-21-15(18-19-20-21)12-9-8-10-13(16)14(12)17/h8-10H,2-7,11,17H2,1H3. The molecule has 0 fully saturated rings. The van der Waals surface area contributed by atoms with Crippen molar-refractivity contribution in [3.63, 3.8) is 0 Å². The number of hydrogen-bond acceptors (Lipinski definition) is 4. The molecule has 0 aliphatic rings. The first-order chi connectivity index (χ1) is 10.2. The van der Waals surface area contributed by atoms with Crippen molar-refractivity contribution in [2.45, 2.75) is 52.0 Å². The Bertz CT molecular complexity index is 567. The van der Waals surface area contributed by atoms with Crippen LogP contribution in [0.3, 0.4) is 0 Å². The molecule has 6 heteroatoms. The number of benzene rings is 1. The van der Waals surface area contributed by atoms with Crippen LogP contribution in [-0.4, -0.2) is 20.2 Å². The molecule has 0 spiro atoms. The van der Waals surface area contributed by atoms with E-state index in [1.807, 2.05) is 16.8 Å². The van der Waals surface area contributed by atoms with Gasteiger partial charge in [-0.2, -0.15) is 0 Å². The van der Waals surface area contributed by atoms with Gasteiger partial charge in [0.15, 0.2) is 5.82 Å². The molecule has 2 N–H and O–H groups in total. The van der Waals surface area contributed by atoms with E-state index in [1.54, 1.807) is 6.07 Å². The predicted molar refractivity (Wildman–Crippen MR) is 86.1 cm³/mol. The number of aromatic nitrogens is 4. The van der Waals surface area contributed by atoms with Crippen molar-refractivity contribution in [2.24, 2.45) is 0 Å². The first kappa shape index (κ1) is 15.8. The van der Waals surface area contributed by atoms with Gasteiger partial charge >= 0.3 is 0 Å². The summed E-state index contributed by atoms with van der Waals surface area (Å²) in [5.74, 6) is 0.684. The maximum absolute atomic E-state index is 6.06. The van der Waals surface area contributed by atoms with Gasteiger partial charge in [0.25, 0.3) is 0 Å². The Morgan fingerprint density at radius 3 is 2.71 bits per heavy atom. The van der Waals surface area contributed by atoms with Gasteiger partial charge in [-0.1, -0.05) is 56.7 Å². The first-order valence-electron chi connectivity index (χ1n) is 7.54. The van der Waals surface area contributed by atoms with Gasteiger partial charge in [0.05, 0.1) is 10.7 Å². The fourth-order valence-electron chi connectivity index (χ4n) is 2.32. The molecule has 0 radical (unpaired) electrons. The molecule has 0 aliphatic carbocycles. The highest BCUT2D eigenvalue weighted by Crippen LogP contribution is 2.29. The number of hydrogen-bond donors (Lipinski definition) is 1. The molecule has 114 valence electrons. The minimum atomic E-state index is 0.526. The normalized spacial score (nSPS) is 11.0. The average molecular weight is 308 g/mol. The molecule has 2 rings (SSSR count). The fraction of sp³-hybridized carbons (Fsp3) is 0.533. The number of tetrazole rings is 1. The van der Waals surface area contributed by atoms with Gasteiger partial charge in [-0.05, 0) is 29.0 Å². The average Bonchev–Trinajstić information content (AvgIpc) is 2.94. The number of para-hydroxylation sites is 1. The van der Waals surface area contributed by atoms with Crippen LogP contribution in [0.2, 0.25) is 5.02 Å². The Morgan fingerprint density at radius 2 is 1.90 bits per heavy atom. The van der Waals surface area contributed by atoms with E-state index in [2.05, 4.69) is 22.4 Å². The van der Waals surface area contributed by atoms with E-state index in [1.165, 1.54) is 32.1 Å². The first-order valence-corrected chi connectivity index (χ1v) is 7.92. The lowest BCUT2D eigenvalue weighted by molar-refractivity contribution is 0.519. The zero-order valence-electron chi connectivity index (χ0n) is 12.4. The zero-order valence-corrected chi connectivity index (χ0v) is 13.2. The van der Waals surface area contributed by atoms with Crippen molar-refractivity contribution in [1.82, 2.24) is 20.2 Å². The van der Waals surface area contributed by atoms with E-state index in [9.17, 15) is 0 Å². The highest BCUT2D eigenvalue weighted by atomic mass is 35.5. The number of aryl methyl sites for hydroxylation is 1. The van der Waals surface area contributed by atoms with E-state index in [0.29, 0.717) is 16.5 Å². The molecule has 0 atom stereocenters. The summed E-state index contributed by atoms with van der Waals surface area (Å²) in [5, 5.41) is 12.4. The minimum absolute atomic E-state index is 0.526. The molecule has 5 nitrogen and oxygen atoms in total. The Hall–Kier alpha value is -1.62. The van der Waals surface area contributed by atoms with Gasteiger partial charge in [-0.3, -0.25) is 0 Å². The van der Waals surface area contributed by atoms with Crippen molar-refractivity contribution >= 4 is 17.3 Å². The Balaban J connectivity index is 1.97. The molecule has 2 aromatic rings. The van der Waals surface area contributed by atoms with Gasteiger partial charge in [0, 0.05) is 12.1 Å². The van der Waals surface area contributed by atoms with Crippen LogP contribution in [0.5, 0.6) is 0 Å². The van der Waals surface area contributed by atoms with Crippen molar-refractivity contribution in [3.8, 4) is 11.4 Å². The largest absolute Gasteiger partial charge is 0.397 e. The highest BCUT2D eigenvalue weighted by Gasteiger charge is 2.13. The third kappa shape index (κ3) is 4.17. The van der Waals surface area contributed by atoms with Crippen LogP contribution in [0.4, 0.5) is 5.69 Å². The molecule has 0 bridgehead atoms. The summed E-state index contributed by atoms with van der Waals surface area (Å²) in [4.78, 5) is 0. The molecule has 0 aliphatic heterocycles. The summed E-state index contributed by atoms with van der Waals surface area (Å²) in [7, 11) is 0. The lowest BCUT2D eigenvalue weighted by Gasteiger charge is -2.08. The van der Waals surface area contributed by atoms with Crippen molar-refractivity contribution in [1.29, 1.82) is 0 Å². The molecule has 1 aromatic heterocycles. The molecule has 0 unspecified atom stereocenters. The highest BCUT2D eigenvalue weighted by molar-refractivity contribution is 6.33. The second-order valence-corrected chi connectivity index (χ2v) is 5.60. The van der Waals surface area contributed by atoms with Crippen LogP contribution >= 0.6 is 11.6 Å². The lowest BCUT2D eigenvalue weighted by atomic mass is 10.1. The summed E-state index contributed by atoms with van der Waals surface area (Å²) in [6.07, 6.45) is 7.43. The van der Waals surface area contributed by atoms with E-state index in [0.717, 1.165) is 18.5 Å². The van der Waals surface area contributed by atoms with Gasteiger partial charge in [0.1, 0.15) is 0 Å². The Morgan fingerprint density at radius 1 is 1.14 bits per heavy atom. The van der Waals surface area contributed by atoms with E-state index < -0.39 is 0 Å². The summed E-state index contributed by atoms with van der Waals surface area (Å²) >= 11 is 6.06. The third-order valence-electron chi connectivity index (χ3n) is 3.55. The van der Waals surface area contributed by atoms with E-state index in [4.69, 9.17) is 17.3 Å². The maximum atomic E-state index is 6.06. The summed E-state index contributed by atoms with van der Waals surface area (Å²) in [6, 6.07) is 5.52. The van der Waals surface area contributed by atoms with Crippen LogP contribution in [0.25, 0.3) is 11.4 Å².